The summed E-state index contributed by atoms with van der Waals surface area (Å²) in [5, 5.41) is 0. The number of aromatic nitrogens is 1. The minimum absolute atomic E-state index is 0.212. The normalized spacial score (nSPS) is 14.9. The first kappa shape index (κ1) is 29.1. The van der Waals surface area contributed by atoms with Crippen LogP contribution in [-0.2, 0) is 9.53 Å². The second-order valence-corrected chi connectivity index (χ2v) is 10.1. The molecule has 0 saturated heterocycles. The molecule has 0 saturated carbocycles. The van der Waals surface area contributed by atoms with E-state index in [0.29, 0.717) is 50.9 Å². The van der Waals surface area contributed by atoms with E-state index in [1.807, 2.05) is 50.3 Å². The molecule has 2 aromatic carbocycles. The van der Waals surface area contributed by atoms with E-state index in [4.69, 9.17) is 14.2 Å². The fraction of sp³-hybridized carbons (Fsp3) is 0.387. The van der Waals surface area contributed by atoms with Crippen LogP contribution in [0, 0.1) is 0 Å². The van der Waals surface area contributed by atoms with Gasteiger partial charge in [-0.1, -0.05) is 29.5 Å². The lowest BCUT2D eigenvalue weighted by atomic mass is 9.95. The third-order valence-electron chi connectivity index (χ3n) is 6.72. The summed E-state index contributed by atoms with van der Waals surface area (Å²) >= 11 is 1.31. The van der Waals surface area contributed by atoms with E-state index in [1.165, 1.54) is 11.3 Å². The summed E-state index contributed by atoms with van der Waals surface area (Å²) in [4.78, 5) is 34.6. The van der Waals surface area contributed by atoms with Gasteiger partial charge in [0.05, 0.1) is 41.7 Å². The van der Waals surface area contributed by atoms with Crippen molar-refractivity contribution >= 4 is 29.1 Å². The third-order valence-corrected chi connectivity index (χ3v) is 7.70. The Morgan fingerprint density at radius 2 is 1.65 bits per heavy atom. The SMILES string of the molecule is CCOC(=O)C1=C(C)N=c2s/c(=C\c3ccc(N(CC)CC)cc3)c(=O)n2[C@H]1c1ccc(OCC)c(OCC)c1. The highest BCUT2D eigenvalue weighted by Gasteiger charge is 2.34. The molecular weight excluding hydrogens is 526 g/mol. The van der Waals surface area contributed by atoms with E-state index >= 15 is 0 Å². The molecule has 40 heavy (non-hydrogen) atoms. The highest BCUT2D eigenvalue weighted by molar-refractivity contribution is 7.07. The molecule has 0 amide bonds. The lowest BCUT2D eigenvalue weighted by Crippen LogP contribution is -2.40. The monoisotopic (exact) mass is 563 g/mol. The predicted molar refractivity (Wildman–Crippen MR) is 159 cm³/mol. The van der Waals surface area contributed by atoms with Gasteiger partial charge in [0.1, 0.15) is 0 Å². The van der Waals surface area contributed by atoms with Gasteiger partial charge in [-0.3, -0.25) is 9.36 Å². The molecule has 0 fully saturated rings. The Kier molecular flexibility index (Phi) is 9.47. The van der Waals surface area contributed by atoms with Crippen molar-refractivity contribution in [1.82, 2.24) is 4.57 Å². The highest BCUT2D eigenvalue weighted by atomic mass is 32.1. The number of thiazole rings is 1. The van der Waals surface area contributed by atoms with Gasteiger partial charge >= 0.3 is 5.97 Å². The molecule has 0 N–H and O–H groups in total. The van der Waals surface area contributed by atoms with Gasteiger partial charge in [0.2, 0.25) is 0 Å². The molecule has 1 aromatic heterocycles. The van der Waals surface area contributed by atoms with Crippen LogP contribution in [0.2, 0.25) is 0 Å². The average Bonchev–Trinajstić information content (AvgIpc) is 3.24. The number of anilines is 1. The van der Waals surface area contributed by atoms with Crippen LogP contribution in [0.1, 0.15) is 58.7 Å². The second kappa shape index (κ2) is 13.0. The minimum Gasteiger partial charge on any atom is -0.490 e. The Labute approximate surface area is 238 Å². The van der Waals surface area contributed by atoms with E-state index in [2.05, 4.69) is 35.9 Å². The number of allylic oxidation sites excluding steroid dienone is 1. The fourth-order valence-corrected chi connectivity index (χ4v) is 5.91. The number of rotatable bonds is 11. The van der Waals surface area contributed by atoms with Crippen LogP contribution in [0.3, 0.4) is 0 Å². The van der Waals surface area contributed by atoms with Crippen molar-refractivity contribution in [3.05, 3.63) is 84.5 Å². The largest absolute Gasteiger partial charge is 0.490 e. The van der Waals surface area contributed by atoms with E-state index in [-0.39, 0.29) is 12.2 Å². The molecule has 1 atom stereocenters. The number of ether oxygens (including phenoxy) is 3. The number of nitrogens with zero attached hydrogens (tertiary/aromatic N) is 3. The summed E-state index contributed by atoms with van der Waals surface area (Å²) < 4.78 is 19.1. The molecule has 1 aliphatic rings. The smallest absolute Gasteiger partial charge is 0.338 e. The first-order valence-electron chi connectivity index (χ1n) is 13.8. The molecule has 2 heterocycles. The Morgan fingerprint density at radius 1 is 0.975 bits per heavy atom. The van der Waals surface area contributed by atoms with Crippen LogP contribution in [0.5, 0.6) is 11.5 Å². The summed E-state index contributed by atoms with van der Waals surface area (Å²) in [5.74, 6) is 0.657. The van der Waals surface area contributed by atoms with Gasteiger partial charge in [0.25, 0.3) is 5.56 Å². The van der Waals surface area contributed by atoms with Crippen LogP contribution in [-0.4, -0.2) is 43.4 Å². The van der Waals surface area contributed by atoms with Gasteiger partial charge < -0.3 is 19.1 Å². The Hall–Kier alpha value is -3.85. The first-order chi connectivity index (χ1) is 19.4. The second-order valence-electron chi connectivity index (χ2n) is 9.14. The van der Waals surface area contributed by atoms with Crippen molar-refractivity contribution in [2.24, 2.45) is 4.99 Å². The number of carbonyl (C=O) groups excluding carboxylic acids is 1. The number of hydrogen-bond acceptors (Lipinski definition) is 8. The Bertz CT molecular complexity index is 1570. The van der Waals surface area contributed by atoms with Crippen molar-refractivity contribution in [2.75, 3.05) is 37.8 Å². The molecule has 3 aromatic rings. The number of benzene rings is 2. The molecular formula is C31H37N3O5S. The van der Waals surface area contributed by atoms with Crippen molar-refractivity contribution in [2.45, 2.75) is 47.6 Å². The lowest BCUT2D eigenvalue weighted by molar-refractivity contribution is -0.139. The number of fused-ring (bicyclic) bond motifs is 1. The van der Waals surface area contributed by atoms with Gasteiger partial charge in [-0.2, -0.15) is 0 Å². The number of esters is 1. The maximum Gasteiger partial charge on any atom is 0.338 e. The molecule has 0 radical (unpaired) electrons. The van der Waals surface area contributed by atoms with E-state index in [0.717, 1.165) is 24.3 Å². The van der Waals surface area contributed by atoms with Crippen molar-refractivity contribution < 1.29 is 19.0 Å². The van der Waals surface area contributed by atoms with Crippen LogP contribution >= 0.6 is 11.3 Å². The summed E-state index contributed by atoms with van der Waals surface area (Å²) in [5.41, 5.74) is 3.39. The fourth-order valence-electron chi connectivity index (χ4n) is 4.87. The molecule has 8 nitrogen and oxygen atoms in total. The summed E-state index contributed by atoms with van der Waals surface area (Å²) in [7, 11) is 0. The van der Waals surface area contributed by atoms with Crippen LogP contribution in [0.4, 0.5) is 5.69 Å². The zero-order valence-corrected chi connectivity index (χ0v) is 24.8. The average molecular weight is 564 g/mol. The Balaban J connectivity index is 1.88. The zero-order chi connectivity index (χ0) is 28.8. The summed E-state index contributed by atoms with van der Waals surface area (Å²) in [6.45, 7) is 14.6. The van der Waals surface area contributed by atoms with Crippen LogP contribution < -0.4 is 29.3 Å². The Morgan fingerprint density at radius 3 is 2.27 bits per heavy atom. The molecule has 4 rings (SSSR count). The molecule has 0 aliphatic carbocycles. The van der Waals surface area contributed by atoms with Crippen molar-refractivity contribution in [1.29, 1.82) is 0 Å². The third kappa shape index (κ3) is 5.84. The topological polar surface area (TPSA) is 82.4 Å². The molecule has 212 valence electrons. The molecule has 0 bridgehead atoms. The molecule has 1 aliphatic heterocycles. The summed E-state index contributed by atoms with van der Waals surface area (Å²) in [6, 6.07) is 12.9. The van der Waals surface area contributed by atoms with Gasteiger partial charge in [-0.25, -0.2) is 9.79 Å². The predicted octanol–water partition coefficient (Wildman–Crippen LogP) is 4.44. The van der Waals surface area contributed by atoms with Gasteiger partial charge in [-0.15, -0.1) is 0 Å². The minimum atomic E-state index is -0.725. The molecule has 9 heteroatoms. The highest BCUT2D eigenvalue weighted by Crippen LogP contribution is 2.36. The van der Waals surface area contributed by atoms with E-state index < -0.39 is 12.0 Å². The first-order valence-corrected chi connectivity index (χ1v) is 14.6. The molecule has 0 unspecified atom stereocenters. The molecule has 0 spiro atoms. The van der Waals surface area contributed by atoms with Gasteiger partial charge in [-0.05, 0) is 83.0 Å². The van der Waals surface area contributed by atoms with E-state index in [9.17, 15) is 9.59 Å². The van der Waals surface area contributed by atoms with Crippen LogP contribution in [0.15, 0.2) is 63.5 Å². The summed E-state index contributed by atoms with van der Waals surface area (Å²) in [6.07, 6.45) is 1.88. The lowest BCUT2D eigenvalue weighted by Gasteiger charge is -2.25. The van der Waals surface area contributed by atoms with Crippen molar-refractivity contribution in [3.8, 4) is 11.5 Å². The van der Waals surface area contributed by atoms with Crippen LogP contribution in [0.25, 0.3) is 6.08 Å². The maximum atomic E-state index is 13.9. The van der Waals surface area contributed by atoms with E-state index in [1.54, 1.807) is 18.4 Å². The number of hydrogen-bond donors (Lipinski definition) is 0. The van der Waals surface area contributed by atoms with Crippen molar-refractivity contribution in [3.63, 3.8) is 0 Å². The number of carbonyl (C=O) groups is 1. The van der Waals surface area contributed by atoms with Gasteiger partial charge in [0.15, 0.2) is 16.3 Å². The quantitative estimate of drug-likeness (QED) is 0.321. The standard InChI is InChI=1S/C31H37N3O5S/c1-7-33(8-2)23-15-12-21(13-16-23)18-26-29(35)34-28(22-14-17-24(37-9-3)25(19-22)38-10-4)27(30(36)39-11-5)20(6)32-31(34)40-26/h12-19,28H,7-11H2,1-6H3/b26-18-/t28-/m0/s1. The van der Waals surface area contributed by atoms with Gasteiger partial charge in [0, 0.05) is 18.8 Å². The zero-order valence-electron chi connectivity index (χ0n) is 24.0. The maximum absolute atomic E-state index is 13.9.